The lowest BCUT2D eigenvalue weighted by Gasteiger charge is -2.19. The van der Waals surface area contributed by atoms with Gasteiger partial charge in [-0.1, -0.05) is 36.5 Å². The molecule has 0 radical (unpaired) electrons. The summed E-state index contributed by atoms with van der Waals surface area (Å²) in [4.78, 5) is 26.7. The normalized spacial score (nSPS) is 16.9. The van der Waals surface area contributed by atoms with Crippen LogP contribution in [0.4, 0.5) is 10.8 Å². The number of benzene rings is 1. The Kier molecular flexibility index (Phi) is 5.95. The monoisotopic (exact) mass is 374 g/mol. The number of ether oxygens (including phenoxy) is 1. The highest BCUT2D eigenvalue weighted by molar-refractivity contribution is 7.15. The fourth-order valence-electron chi connectivity index (χ4n) is 2.95. The van der Waals surface area contributed by atoms with E-state index >= 15 is 0 Å². The molecule has 1 aliphatic heterocycles. The molecule has 1 aromatic carbocycles. The number of para-hydroxylation sites is 1. The molecular formula is C18H22N4O3S. The van der Waals surface area contributed by atoms with Crippen LogP contribution in [0.25, 0.3) is 0 Å². The largest absolute Gasteiger partial charge is 0.374 e. The smallest absolute Gasteiger partial charge is 0.231 e. The summed E-state index contributed by atoms with van der Waals surface area (Å²) in [5.74, 6) is -0.624. The van der Waals surface area contributed by atoms with E-state index in [4.69, 9.17) is 4.74 Å². The maximum atomic E-state index is 12.5. The van der Waals surface area contributed by atoms with Crippen LogP contribution in [0.1, 0.15) is 30.8 Å². The van der Waals surface area contributed by atoms with Crippen molar-refractivity contribution in [3.8, 4) is 0 Å². The first-order chi connectivity index (χ1) is 12.6. The number of amides is 2. The first-order valence-corrected chi connectivity index (χ1v) is 9.53. The Hall–Kier alpha value is -2.32. The summed E-state index contributed by atoms with van der Waals surface area (Å²) in [5.41, 5.74) is 2.00. The molecule has 0 spiro atoms. The lowest BCUT2D eigenvalue weighted by Crippen LogP contribution is -2.28. The number of hydrogen-bond acceptors (Lipinski definition) is 6. The molecule has 1 unspecified atom stereocenters. The fraction of sp³-hybridized carbons (Fsp3) is 0.444. The Balaban J connectivity index is 1.64. The van der Waals surface area contributed by atoms with Crippen LogP contribution in [0.2, 0.25) is 0 Å². The molecule has 2 heterocycles. The molecule has 26 heavy (non-hydrogen) atoms. The van der Waals surface area contributed by atoms with Crippen molar-refractivity contribution in [3.63, 3.8) is 0 Å². The third-order valence-corrected chi connectivity index (χ3v) is 5.10. The molecule has 0 saturated carbocycles. The number of aromatic nitrogens is 2. The van der Waals surface area contributed by atoms with Crippen LogP contribution in [0, 0.1) is 5.92 Å². The SMILES string of the molecule is CCOCc1nnc(NC(=O)C2CC(=O)N(c3ccccc3CC)C2)s1. The predicted molar refractivity (Wildman–Crippen MR) is 100 cm³/mol. The van der Waals surface area contributed by atoms with Gasteiger partial charge in [0.2, 0.25) is 16.9 Å². The molecule has 2 amide bonds. The van der Waals surface area contributed by atoms with Crippen molar-refractivity contribution in [3.05, 3.63) is 34.8 Å². The highest BCUT2D eigenvalue weighted by Gasteiger charge is 2.36. The van der Waals surface area contributed by atoms with Crippen molar-refractivity contribution in [2.24, 2.45) is 5.92 Å². The number of anilines is 2. The molecule has 0 bridgehead atoms. The minimum Gasteiger partial charge on any atom is -0.374 e. The van der Waals surface area contributed by atoms with Crippen LogP contribution >= 0.6 is 11.3 Å². The second-order valence-electron chi connectivity index (χ2n) is 6.01. The van der Waals surface area contributed by atoms with Crippen LogP contribution in [0.5, 0.6) is 0 Å². The van der Waals surface area contributed by atoms with Gasteiger partial charge in [0.05, 0.1) is 5.92 Å². The highest BCUT2D eigenvalue weighted by Crippen LogP contribution is 2.29. The van der Waals surface area contributed by atoms with Crippen LogP contribution < -0.4 is 10.2 Å². The maximum absolute atomic E-state index is 12.5. The molecule has 7 nitrogen and oxygen atoms in total. The van der Waals surface area contributed by atoms with Gasteiger partial charge in [0.25, 0.3) is 0 Å². The van der Waals surface area contributed by atoms with E-state index in [1.54, 1.807) is 4.90 Å². The van der Waals surface area contributed by atoms with Gasteiger partial charge in [-0.25, -0.2) is 0 Å². The van der Waals surface area contributed by atoms with Crippen LogP contribution in [0.15, 0.2) is 24.3 Å². The van der Waals surface area contributed by atoms with Gasteiger partial charge < -0.3 is 15.0 Å². The Morgan fingerprint density at radius 2 is 2.15 bits per heavy atom. The van der Waals surface area contributed by atoms with Gasteiger partial charge in [-0.05, 0) is 25.0 Å². The van der Waals surface area contributed by atoms with Gasteiger partial charge in [-0.3, -0.25) is 9.59 Å². The Bertz CT molecular complexity index is 792. The molecule has 1 aliphatic rings. The van der Waals surface area contributed by atoms with Crippen molar-refractivity contribution in [2.45, 2.75) is 33.3 Å². The van der Waals surface area contributed by atoms with Gasteiger partial charge in [-0.2, -0.15) is 0 Å². The van der Waals surface area contributed by atoms with Crippen molar-refractivity contribution in [1.29, 1.82) is 0 Å². The number of nitrogens with one attached hydrogen (secondary N) is 1. The standard InChI is InChI=1S/C18H22N4O3S/c1-3-12-7-5-6-8-14(12)22-10-13(9-16(22)23)17(24)19-18-21-20-15(26-18)11-25-4-2/h5-8,13H,3-4,9-11H2,1-2H3,(H,19,21,24). The summed E-state index contributed by atoms with van der Waals surface area (Å²) in [6.45, 7) is 5.32. The molecule has 8 heteroatoms. The minimum atomic E-state index is -0.397. The summed E-state index contributed by atoms with van der Waals surface area (Å²) < 4.78 is 5.28. The van der Waals surface area contributed by atoms with Crippen LogP contribution in [-0.4, -0.2) is 35.2 Å². The first kappa shape index (κ1) is 18.5. The number of hydrogen-bond donors (Lipinski definition) is 1. The summed E-state index contributed by atoms with van der Waals surface area (Å²) >= 11 is 1.29. The first-order valence-electron chi connectivity index (χ1n) is 8.71. The average Bonchev–Trinajstić information content (AvgIpc) is 3.26. The predicted octanol–water partition coefficient (Wildman–Crippen LogP) is 2.63. The topological polar surface area (TPSA) is 84.4 Å². The number of carbonyl (C=O) groups excluding carboxylic acids is 2. The highest BCUT2D eigenvalue weighted by atomic mass is 32.1. The lowest BCUT2D eigenvalue weighted by atomic mass is 10.1. The fourth-order valence-corrected chi connectivity index (χ4v) is 3.63. The molecule has 1 atom stereocenters. The molecule has 1 N–H and O–H groups in total. The van der Waals surface area contributed by atoms with E-state index in [1.165, 1.54) is 11.3 Å². The molecule has 138 valence electrons. The van der Waals surface area contributed by atoms with Crippen molar-refractivity contribution in [2.75, 3.05) is 23.4 Å². The van der Waals surface area contributed by atoms with E-state index in [2.05, 4.69) is 22.4 Å². The van der Waals surface area contributed by atoms with E-state index in [1.807, 2.05) is 31.2 Å². The molecule has 1 saturated heterocycles. The second-order valence-corrected chi connectivity index (χ2v) is 7.08. The summed E-state index contributed by atoms with van der Waals surface area (Å²) in [6.07, 6.45) is 1.04. The average molecular weight is 374 g/mol. The Labute approximate surface area is 156 Å². The van der Waals surface area contributed by atoms with E-state index in [0.717, 1.165) is 17.7 Å². The Morgan fingerprint density at radius 3 is 2.92 bits per heavy atom. The molecule has 0 aliphatic carbocycles. The lowest BCUT2D eigenvalue weighted by molar-refractivity contribution is -0.122. The van der Waals surface area contributed by atoms with Gasteiger partial charge >= 0.3 is 0 Å². The summed E-state index contributed by atoms with van der Waals surface area (Å²) in [7, 11) is 0. The third-order valence-electron chi connectivity index (χ3n) is 4.29. The van der Waals surface area contributed by atoms with E-state index in [9.17, 15) is 9.59 Å². The van der Waals surface area contributed by atoms with Gasteiger partial charge in [0.1, 0.15) is 11.6 Å². The van der Waals surface area contributed by atoms with E-state index in [0.29, 0.717) is 29.9 Å². The van der Waals surface area contributed by atoms with Crippen molar-refractivity contribution >= 4 is 34.0 Å². The van der Waals surface area contributed by atoms with E-state index < -0.39 is 5.92 Å². The maximum Gasteiger partial charge on any atom is 0.231 e. The van der Waals surface area contributed by atoms with E-state index in [-0.39, 0.29) is 18.2 Å². The number of aryl methyl sites for hydroxylation is 1. The number of nitrogens with zero attached hydrogens (tertiary/aromatic N) is 3. The van der Waals surface area contributed by atoms with Gasteiger partial charge in [-0.15, -0.1) is 10.2 Å². The van der Waals surface area contributed by atoms with Crippen molar-refractivity contribution < 1.29 is 14.3 Å². The van der Waals surface area contributed by atoms with Crippen LogP contribution in [-0.2, 0) is 27.4 Å². The van der Waals surface area contributed by atoms with Gasteiger partial charge in [0.15, 0.2) is 0 Å². The Morgan fingerprint density at radius 1 is 1.35 bits per heavy atom. The molecule has 3 rings (SSSR count). The zero-order valence-electron chi connectivity index (χ0n) is 14.9. The quantitative estimate of drug-likeness (QED) is 0.805. The zero-order valence-corrected chi connectivity index (χ0v) is 15.7. The molecule has 1 fully saturated rings. The zero-order chi connectivity index (χ0) is 18.5. The van der Waals surface area contributed by atoms with Gasteiger partial charge in [0, 0.05) is 25.3 Å². The number of rotatable bonds is 7. The minimum absolute atomic E-state index is 0.0275. The molecular weight excluding hydrogens is 352 g/mol. The number of carbonyl (C=O) groups is 2. The summed E-state index contributed by atoms with van der Waals surface area (Å²) in [5, 5.41) is 11.9. The van der Waals surface area contributed by atoms with Crippen molar-refractivity contribution in [1.82, 2.24) is 10.2 Å². The van der Waals surface area contributed by atoms with Crippen LogP contribution in [0.3, 0.4) is 0 Å². The third kappa shape index (κ3) is 4.08. The molecule has 1 aromatic heterocycles. The molecule has 2 aromatic rings. The summed E-state index contributed by atoms with van der Waals surface area (Å²) in [6, 6.07) is 7.82. The second kappa shape index (κ2) is 8.37.